The van der Waals surface area contributed by atoms with E-state index in [1.165, 1.54) is 12.8 Å². The Kier molecular flexibility index (Phi) is 7.38. The van der Waals surface area contributed by atoms with Gasteiger partial charge in [0, 0.05) is 18.8 Å². The third-order valence-electron chi connectivity index (χ3n) is 2.43. The lowest BCUT2D eigenvalue weighted by atomic mass is 10.1. The fourth-order valence-electron chi connectivity index (χ4n) is 1.75. The first kappa shape index (κ1) is 15.4. The summed E-state index contributed by atoms with van der Waals surface area (Å²) in [7, 11) is 0. The van der Waals surface area contributed by atoms with Crippen LogP contribution in [0.15, 0.2) is 12.3 Å². The predicted molar refractivity (Wildman–Crippen MR) is 70.7 cm³/mol. The van der Waals surface area contributed by atoms with Crippen LogP contribution in [0.4, 0.5) is 5.95 Å². The van der Waals surface area contributed by atoms with Gasteiger partial charge in [-0.15, -0.1) is 24.8 Å². The summed E-state index contributed by atoms with van der Waals surface area (Å²) in [5.74, 6) is 0.735. The second-order valence-corrected chi connectivity index (χ2v) is 3.48. The van der Waals surface area contributed by atoms with E-state index in [2.05, 4.69) is 20.6 Å². The Bertz CT molecular complexity index is 303. The van der Waals surface area contributed by atoms with Gasteiger partial charge < -0.3 is 10.6 Å². The molecular weight excluding hydrogens is 247 g/mol. The van der Waals surface area contributed by atoms with E-state index in [1.54, 1.807) is 0 Å². The predicted octanol–water partition coefficient (Wildman–Crippen LogP) is 2.18. The van der Waals surface area contributed by atoms with Gasteiger partial charge in [0.2, 0.25) is 5.95 Å². The fourth-order valence-corrected chi connectivity index (χ4v) is 1.75. The van der Waals surface area contributed by atoms with Crippen LogP contribution in [0.3, 0.4) is 0 Å². The van der Waals surface area contributed by atoms with Crippen molar-refractivity contribution in [2.75, 3.05) is 18.4 Å². The highest BCUT2D eigenvalue weighted by Gasteiger charge is 2.17. The highest BCUT2D eigenvalue weighted by atomic mass is 35.5. The molecule has 1 fully saturated rings. The molecule has 0 aromatic carbocycles. The maximum Gasteiger partial charge on any atom is 0.222 e. The van der Waals surface area contributed by atoms with Gasteiger partial charge in [-0.2, -0.15) is 0 Å². The van der Waals surface area contributed by atoms with E-state index in [0.29, 0.717) is 6.04 Å². The average Bonchev–Trinajstić information content (AvgIpc) is 2.71. The van der Waals surface area contributed by atoms with Crippen LogP contribution in [0.1, 0.15) is 31.5 Å². The summed E-state index contributed by atoms with van der Waals surface area (Å²) in [6.07, 6.45) is 4.24. The second kappa shape index (κ2) is 7.65. The number of hydrogen-bond acceptors (Lipinski definition) is 4. The molecule has 2 rings (SSSR count). The Morgan fingerprint density at radius 1 is 1.50 bits per heavy atom. The average molecular weight is 265 g/mol. The first-order valence-electron chi connectivity index (χ1n) is 5.20. The Morgan fingerprint density at radius 3 is 2.94 bits per heavy atom. The minimum atomic E-state index is 0. The molecule has 2 heterocycles. The maximum absolute atomic E-state index is 4.46. The van der Waals surface area contributed by atoms with E-state index in [4.69, 9.17) is 0 Å². The van der Waals surface area contributed by atoms with Crippen LogP contribution < -0.4 is 10.6 Å². The van der Waals surface area contributed by atoms with E-state index in [-0.39, 0.29) is 24.8 Å². The third-order valence-corrected chi connectivity index (χ3v) is 2.43. The summed E-state index contributed by atoms with van der Waals surface area (Å²) in [5.41, 5.74) is 1.11. The van der Waals surface area contributed by atoms with Crippen molar-refractivity contribution >= 4 is 30.8 Å². The minimum absolute atomic E-state index is 0. The Hall–Kier alpha value is -0.580. The molecule has 16 heavy (non-hydrogen) atoms. The molecule has 2 N–H and O–H groups in total. The first-order chi connectivity index (χ1) is 6.90. The third kappa shape index (κ3) is 3.77. The summed E-state index contributed by atoms with van der Waals surface area (Å²) >= 11 is 0. The zero-order valence-electron chi connectivity index (χ0n) is 9.27. The lowest BCUT2D eigenvalue weighted by molar-refractivity contribution is 0.626. The quantitative estimate of drug-likeness (QED) is 0.879. The fraction of sp³-hybridized carbons (Fsp3) is 0.600. The van der Waals surface area contributed by atoms with Crippen LogP contribution in [0.2, 0.25) is 0 Å². The summed E-state index contributed by atoms with van der Waals surface area (Å²) in [6, 6.07) is 2.42. The van der Waals surface area contributed by atoms with Crippen molar-refractivity contribution in [3.8, 4) is 0 Å². The van der Waals surface area contributed by atoms with Crippen LogP contribution in [0.25, 0.3) is 0 Å². The Morgan fingerprint density at radius 2 is 2.31 bits per heavy atom. The van der Waals surface area contributed by atoms with Gasteiger partial charge in [0.05, 0.1) is 5.69 Å². The van der Waals surface area contributed by atoms with Gasteiger partial charge in [-0.1, -0.05) is 0 Å². The number of rotatable bonds is 3. The standard InChI is InChI=1S/C10H16N4.2ClH/c1-2-11-10-13-7-5-9(14-10)8-4-3-6-12-8;;/h5,7-8,12H,2-4,6H2,1H3,(H,11,13,14);2*1H. The molecule has 0 bridgehead atoms. The lowest BCUT2D eigenvalue weighted by Gasteiger charge is -2.10. The van der Waals surface area contributed by atoms with Crippen LogP contribution in [0.5, 0.6) is 0 Å². The van der Waals surface area contributed by atoms with E-state index >= 15 is 0 Å². The van der Waals surface area contributed by atoms with Crippen molar-refractivity contribution in [2.24, 2.45) is 0 Å². The Balaban J connectivity index is 0.00000112. The smallest absolute Gasteiger partial charge is 0.222 e. The number of halogens is 2. The number of anilines is 1. The molecule has 1 aliphatic rings. The second-order valence-electron chi connectivity index (χ2n) is 3.48. The molecule has 6 heteroatoms. The van der Waals surface area contributed by atoms with Crippen molar-refractivity contribution in [1.29, 1.82) is 0 Å². The van der Waals surface area contributed by atoms with Crippen molar-refractivity contribution < 1.29 is 0 Å². The molecule has 0 amide bonds. The largest absolute Gasteiger partial charge is 0.354 e. The van der Waals surface area contributed by atoms with Gasteiger partial charge in [0.25, 0.3) is 0 Å². The van der Waals surface area contributed by atoms with Gasteiger partial charge >= 0.3 is 0 Å². The molecule has 1 aliphatic heterocycles. The number of aromatic nitrogens is 2. The van der Waals surface area contributed by atoms with E-state index in [0.717, 1.165) is 24.7 Å². The van der Waals surface area contributed by atoms with Crippen LogP contribution >= 0.6 is 24.8 Å². The Labute approximate surface area is 108 Å². The summed E-state index contributed by atoms with van der Waals surface area (Å²) < 4.78 is 0. The molecule has 1 aromatic heterocycles. The molecule has 0 radical (unpaired) electrons. The highest BCUT2D eigenvalue weighted by molar-refractivity contribution is 5.85. The molecule has 1 atom stereocenters. The van der Waals surface area contributed by atoms with Crippen LogP contribution in [-0.4, -0.2) is 23.1 Å². The molecule has 1 saturated heterocycles. The monoisotopic (exact) mass is 264 g/mol. The van der Waals surface area contributed by atoms with E-state index in [1.807, 2.05) is 19.2 Å². The van der Waals surface area contributed by atoms with E-state index < -0.39 is 0 Å². The summed E-state index contributed by atoms with van der Waals surface area (Å²) in [4.78, 5) is 8.61. The minimum Gasteiger partial charge on any atom is -0.354 e. The summed E-state index contributed by atoms with van der Waals surface area (Å²) in [6.45, 7) is 4.01. The SMILES string of the molecule is CCNc1nccc(C2CCCN2)n1.Cl.Cl. The van der Waals surface area contributed by atoms with Gasteiger partial charge in [-0.3, -0.25) is 0 Å². The molecule has 1 aromatic rings. The molecule has 1 unspecified atom stereocenters. The zero-order chi connectivity index (χ0) is 9.80. The van der Waals surface area contributed by atoms with Crippen molar-refractivity contribution in [2.45, 2.75) is 25.8 Å². The number of nitrogens with zero attached hydrogens (tertiary/aromatic N) is 2. The maximum atomic E-state index is 4.46. The van der Waals surface area contributed by atoms with Gasteiger partial charge in [0.15, 0.2) is 0 Å². The van der Waals surface area contributed by atoms with Crippen molar-refractivity contribution in [3.05, 3.63) is 18.0 Å². The van der Waals surface area contributed by atoms with Crippen LogP contribution in [0, 0.1) is 0 Å². The zero-order valence-corrected chi connectivity index (χ0v) is 10.9. The topological polar surface area (TPSA) is 49.8 Å². The number of hydrogen-bond donors (Lipinski definition) is 2. The van der Waals surface area contributed by atoms with Gasteiger partial charge in [-0.05, 0) is 32.4 Å². The lowest BCUT2D eigenvalue weighted by Crippen LogP contribution is -2.15. The molecule has 92 valence electrons. The van der Waals surface area contributed by atoms with E-state index in [9.17, 15) is 0 Å². The number of nitrogens with one attached hydrogen (secondary N) is 2. The molecule has 0 spiro atoms. The molecule has 0 saturated carbocycles. The normalized spacial score (nSPS) is 18.4. The molecule has 4 nitrogen and oxygen atoms in total. The van der Waals surface area contributed by atoms with Crippen molar-refractivity contribution in [3.63, 3.8) is 0 Å². The van der Waals surface area contributed by atoms with Crippen LogP contribution in [-0.2, 0) is 0 Å². The van der Waals surface area contributed by atoms with Gasteiger partial charge in [-0.25, -0.2) is 9.97 Å². The molecular formula is C10H18Cl2N4. The highest BCUT2D eigenvalue weighted by Crippen LogP contribution is 2.21. The first-order valence-corrected chi connectivity index (χ1v) is 5.20. The van der Waals surface area contributed by atoms with Gasteiger partial charge in [0.1, 0.15) is 0 Å². The van der Waals surface area contributed by atoms with Crippen molar-refractivity contribution in [1.82, 2.24) is 15.3 Å². The molecule has 0 aliphatic carbocycles. The summed E-state index contributed by atoms with van der Waals surface area (Å²) in [5, 5.41) is 6.55.